The number of phenols is 1. The van der Waals surface area contributed by atoms with Gasteiger partial charge in [-0.2, -0.15) is 0 Å². The highest BCUT2D eigenvalue weighted by molar-refractivity contribution is 7.66. The number of benzene rings is 3. The van der Waals surface area contributed by atoms with E-state index in [1.165, 1.54) is 13.8 Å². The van der Waals surface area contributed by atoms with Gasteiger partial charge >= 0.3 is 5.97 Å². The number of carbonyl (C=O) groups is 2. The summed E-state index contributed by atoms with van der Waals surface area (Å²) < 4.78 is 5.48. The van der Waals surface area contributed by atoms with Crippen LogP contribution in [0.3, 0.4) is 0 Å². The monoisotopic (exact) mass is 434 g/mol. The van der Waals surface area contributed by atoms with Crippen molar-refractivity contribution in [3.05, 3.63) is 90.0 Å². The predicted molar refractivity (Wildman–Crippen MR) is 120 cm³/mol. The highest BCUT2D eigenvalue weighted by Crippen LogP contribution is 2.66. The Morgan fingerprint density at radius 1 is 0.903 bits per heavy atom. The van der Waals surface area contributed by atoms with Gasteiger partial charge in [-0.1, -0.05) is 66.7 Å². The minimum Gasteiger partial charge on any atom is -0.508 e. The lowest BCUT2D eigenvalue weighted by molar-refractivity contribution is -0.133. The number of hydrazine groups is 1. The summed E-state index contributed by atoms with van der Waals surface area (Å²) in [5.74, 6) is -0.678. The highest BCUT2D eigenvalue weighted by atomic mass is 31.1. The van der Waals surface area contributed by atoms with E-state index in [4.69, 9.17) is 4.74 Å². The molecule has 158 valence electrons. The van der Waals surface area contributed by atoms with E-state index in [0.29, 0.717) is 11.3 Å². The quantitative estimate of drug-likeness (QED) is 0.366. The SMILES string of the molecule is CC(=O)Oc1ccccc1[C@H]1NN(C(C)=O)[C@H](c2ccccc2O)P1c1ccccc1. The molecule has 1 heterocycles. The number of carbonyl (C=O) groups excluding carboxylic acids is 2. The molecule has 7 heteroatoms. The van der Waals surface area contributed by atoms with Crippen LogP contribution >= 0.6 is 7.92 Å². The van der Waals surface area contributed by atoms with Gasteiger partial charge < -0.3 is 9.84 Å². The number of aromatic hydroxyl groups is 1. The van der Waals surface area contributed by atoms with Crippen LogP contribution in [0.4, 0.5) is 0 Å². The average molecular weight is 434 g/mol. The Kier molecular flexibility index (Phi) is 6.03. The third kappa shape index (κ3) is 4.18. The third-order valence-electron chi connectivity index (χ3n) is 5.12. The second-order valence-electron chi connectivity index (χ2n) is 7.23. The number of esters is 1. The topological polar surface area (TPSA) is 78.9 Å². The van der Waals surface area contributed by atoms with Crippen LogP contribution in [-0.4, -0.2) is 22.0 Å². The molecule has 4 rings (SSSR count). The molecule has 3 aromatic rings. The molecule has 2 N–H and O–H groups in total. The van der Waals surface area contributed by atoms with Crippen molar-refractivity contribution in [1.29, 1.82) is 0 Å². The van der Waals surface area contributed by atoms with E-state index in [1.54, 1.807) is 23.2 Å². The predicted octanol–water partition coefficient (Wildman–Crippen LogP) is 4.19. The summed E-state index contributed by atoms with van der Waals surface area (Å²) in [7, 11) is -1.11. The Hall–Kier alpha value is -3.21. The molecular weight excluding hydrogens is 411 g/mol. The van der Waals surface area contributed by atoms with E-state index < -0.39 is 19.7 Å². The lowest BCUT2D eigenvalue weighted by Gasteiger charge is -2.28. The maximum Gasteiger partial charge on any atom is 0.308 e. The highest BCUT2D eigenvalue weighted by Gasteiger charge is 2.46. The summed E-state index contributed by atoms with van der Waals surface area (Å²) in [4.78, 5) is 24.4. The van der Waals surface area contributed by atoms with Crippen LogP contribution in [0, 0.1) is 0 Å². The minimum absolute atomic E-state index is 0.137. The number of hydrogen-bond donors (Lipinski definition) is 2. The first-order valence-corrected chi connectivity index (χ1v) is 11.4. The molecule has 0 spiro atoms. The molecule has 0 bridgehead atoms. The first-order chi connectivity index (χ1) is 15.0. The molecule has 3 aromatic carbocycles. The number of amides is 1. The lowest BCUT2D eigenvalue weighted by atomic mass is 10.2. The van der Waals surface area contributed by atoms with E-state index >= 15 is 0 Å². The Labute approximate surface area is 182 Å². The first kappa shape index (κ1) is 21.0. The van der Waals surface area contributed by atoms with Crippen LogP contribution in [0.25, 0.3) is 0 Å². The lowest BCUT2D eigenvalue weighted by Crippen LogP contribution is -2.37. The smallest absolute Gasteiger partial charge is 0.308 e. The largest absolute Gasteiger partial charge is 0.508 e. The summed E-state index contributed by atoms with van der Waals surface area (Å²) in [5.41, 5.74) is 4.82. The number of ether oxygens (including phenoxy) is 1. The second-order valence-corrected chi connectivity index (χ2v) is 9.56. The van der Waals surface area contributed by atoms with Crippen LogP contribution < -0.4 is 15.5 Å². The van der Waals surface area contributed by atoms with E-state index in [0.717, 1.165) is 10.9 Å². The Bertz CT molecular complexity index is 1110. The van der Waals surface area contributed by atoms with Gasteiger partial charge in [-0.05, 0) is 25.4 Å². The number of rotatable bonds is 4. The number of nitrogens with one attached hydrogen (secondary N) is 1. The third-order valence-corrected chi connectivity index (χ3v) is 8.00. The summed E-state index contributed by atoms with van der Waals surface area (Å²) in [6.07, 6.45) is 0. The minimum atomic E-state index is -1.11. The fourth-order valence-electron chi connectivity index (χ4n) is 3.85. The van der Waals surface area contributed by atoms with Gasteiger partial charge in [0, 0.05) is 25.0 Å². The number of nitrogens with zero attached hydrogens (tertiary/aromatic N) is 1. The zero-order chi connectivity index (χ0) is 22.0. The maximum atomic E-state index is 12.7. The van der Waals surface area contributed by atoms with Gasteiger partial charge in [-0.3, -0.25) is 14.6 Å². The molecule has 1 aliphatic rings. The van der Waals surface area contributed by atoms with Crippen molar-refractivity contribution in [2.24, 2.45) is 0 Å². The number of hydrogen-bond acceptors (Lipinski definition) is 5. The van der Waals surface area contributed by atoms with Crippen LogP contribution in [0.2, 0.25) is 0 Å². The normalized spacial score (nSPS) is 20.5. The van der Waals surface area contributed by atoms with Crippen molar-refractivity contribution in [3.63, 3.8) is 0 Å². The van der Waals surface area contributed by atoms with E-state index in [1.807, 2.05) is 60.7 Å². The fourth-order valence-corrected chi connectivity index (χ4v) is 6.99. The molecule has 3 atom stereocenters. The summed E-state index contributed by atoms with van der Waals surface area (Å²) in [6.45, 7) is 2.87. The number of phenolic OH excluding ortho intramolecular Hbond substituents is 1. The zero-order valence-corrected chi connectivity index (χ0v) is 18.1. The molecule has 1 aliphatic heterocycles. The Balaban J connectivity index is 1.91. The van der Waals surface area contributed by atoms with Crippen LogP contribution in [-0.2, 0) is 9.59 Å². The molecule has 1 saturated heterocycles. The van der Waals surface area contributed by atoms with Crippen molar-refractivity contribution < 1.29 is 19.4 Å². The Morgan fingerprint density at radius 2 is 1.52 bits per heavy atom. The van der Waals surface area contributed by atoms with Crippen LogP contribution in [0.15, 0.2) is 78.9 Å². The summed E-state index contributed by atoms with van der Waals surface area (Å²) in [6, 6.07) is 24.4. The van der Waals surface area contributed by atoms with Crippen LogP contribution in [0.5, 0.6) is 11.5 Å². The molecule has 31 heavy (non-hydrogen) atoms. The molecule has 0 aromatic heterocycles. The Morgan fingerprint density at radius 3 is 2.16 bits per heavy atom. The van der Waals surface area contributed by atoms with Gasteiger partial charge in [0.05, 0.1) is 5.78 Å². The molecule has 0 aliphatic carbocycles. The van der Waals surface area contributed by atoms with E-state index in [2.05, 4.69) is 5.43 Å². The molecule has 6 nitrogen and oxygen atoms in total. The molecular formula is C24H23N2O4P. The summed E-state index contributed by atoms with van der Waals surface area (Å²) >= 11 is 0. The van der Waals surface area contributed by atoms with E-state index in [-0.39, 0.29) is 17.4 Å². The summed E-state index contributed by atoms with van der Waals surface area (Å²) in [5, 5.41) is 13.3. The van der Waals surface area contributed by atoms with Gasteiger partial charge in [0.25, 0.3) is 0 Å². The maximum absolute atomic E-state index is 12.7. The molecule has 1 amide bonds. The van der Waals surface area contributed by atoms with E-state index in [9.17, 15) is 14.7 Å². The van der Waals surface area contributed by atoms with Crippen molar-refractivity contribution in [2.45, 2.75) is 25.4 Å². The molecule has 0 saturated carbocycles. The van der Waals surface area contributed by atoms with Crippen molar-refractivity contribution >= 4 is 25.1 Å². The number of para-hydroxylation sites is 2. The second kappa shape index (κ2) is 8.88. The van der Waals surface area contributed by atoms with Gasteiger partial charge in [-0.25, -0.2) is 5.43 Å². The van der Waals surface area contributed by atoms with Gasteiger partial charge in [0.15, 0.2) is 0 Å². The van der Waals surface area contributed by atoms with Gasteiger partial charge in [0.2, 0.25) is 5.91 Å². The molecule has 1 fully saturated rings. The van der Waals surface area contributed by atoms with Gasteiger partial charge in [0.1, 0.15) is 17.3 Å². The van der Waals surface area contributed by atoms with Crippen molar-refractivity contribution in [2.75, 3.05) is 0 Å². The van der Waals surface area contributed by atoms with Crippen LogP contribution in [0.1, 0.15) is 36.5 Å². The molecule has 0 radical (unpaired) electrons. The van der Waals surface area contributed by atoms with Gasteiger partial charge in [-0.15, -0.1) is 0 Å². The zero-order valence-electron chi connectivity index (χ0n) is 17.2. The average Bonchev–Trinajstić information content (AvgIpc) is 3.15. The van der Waals surface area contributed by atoms with Crippen molar-refractivity contribution in [1.82, 2.24) is 10.4 Å². The fraction of sp³-hybridized carbons (Fsp3) is 0.167. The first-order valence-electron chi connectivity index (χ1n) is 9.92. The van der Waals surface area contributed by atoms with Crippen molar-refractivity contribution in [3.8, 4) is 11.5 Å². The molecule has 1 unspecified atom stereocenters. The standard InChI is InChI=1S/C24H23N2O4P/c1-16(27)26-24(19-12-6-8-14-21(19)29)31(18-10-4-3-5-11-18)23(25-26)20-13-7-9-15-22(20)30-17(2)28/h3-15,23-25,29H,1-2H3/t23-,24-,31?/m0/s1.